The van der Waals surface area contributed by atoms with Crippen molar-refractivity contribution >= 4 is 17.3 Å². The maximum Gasteiger partial charge on any atom is 0.121 e. The Hall–Kier alpha value is -1.71. The molecule has 0 saturated carbocycles. The first-order valence-corrected chi connectivity index (χ1v) is 6.93. The van der Waals surface area contributed by atoms with Crippen LogP contribution in [0.5, 0.6) is 5.75 Å². The lowest BCUT2D eigenvalue weighted by molar-refractivity contribution is 0.107. The van der Waals surface area contributed by atoms with Crippen LogP contribution in [0.1, 0.15) is 12.0 Å². The number of anilines is 1. The molecule has 0 atom stereocenters. The van der Waals surface area contributed by atoms with Gasteiger partial charge >= 0.3 is 0 Å². The highest BCUT2D eigenvalue weighted by Crippen LogP contribution is 2.16. The zero-order chi connectivity index (χ0) is 14.2. The Balaban J connectivity index is 1.61. The van der Waals surface area contributed by atoms with Gasteiger partial charge in [0.25, 0.3) is 0 Å². The Kier molecular flexibility index (Phi) is 5.71. The van der Waals surface area contributed by atoms with Crippen LogP contribution in [-0.4, -0.2) is 13.2 Å². The van der Waals surface area contributed by atoms with Gasteiger partial charge in [0.05, 0.1) is 19.8 Å². The van der Waals surface area contributed by atoms with Gasteiger partial charge in [-0.2, -0.15) is 0 Å². The van der Waals surface area contributed by atoms with Crippen LogP contribution < -0.4 is 10.5 Å². The van der Waals surface area contributed by atoms with Crippen molar-refractivity contribution in [3.8, 4) is 5.75 Å². The molecule has 0 aromatic heterocycles. The van der Waals surface area contributed by atoms with Gasteiger partial charge in [0, 0.05) is 23.2 Å². The fourth-order valence-electron chi connectivity index (χ4n) is 1.75. The second kappa shape index (κ2) is 7.78. The van der Waals surface area contributed by atoms with Gasteiger partial charge in [-0.1, -0.05) is 35.9 Å². The molecule has 0 aliphatic heterocycles. The van der Waals surface area contributed by atoms with Gasteiger partial charge < -0.3 is 15.2 Å². The zero-order valence-electron chi connectivity index (χ0n) is 11.2. The van der Waals surface area contributed by atoms with Crippen LogP contribution >= 0.6 is 11.6 Å². The summed E-state index contributed by atoms with van der Waals surface area (Å²) < 4.78 is 11.1. The van der Waals surface area contributed by atoms with E-state index in [2.05, 4.69) is 0 Å². The summed E-state index contributed by atoms with van der Waals surface area (Å²) in [6, 6.07) is 15.1. The number of nitrogen functional groups attached to an aromatic ring is 1. The third-order valence-corrected chi connectivity index (χ3v) is 3.14. The summed E-state index contributed by atoms with van der Waals surface area (Å²) >= 11 is 6.04. The topological polar surface area (TPSA) is 44.5 Å². The van der Waals surface area contributed by atoms with E-state index in [1.54, 1.807) is 0 Å². The number of halogens is 1. The number of nitrogens with two attached hydrogens (primary N) is 1. The third-order valence-electron chi connectivity index (χ3n) is 2.78. The summed E-state index contributed by atoms with van der Waals surface area (Å²) in [7, 11) is 0. The summed E-state index contributed by atoms with van der Waals surface area (Å²) in [5.74, 6) is 0.788. The maximum absolute atomic E-state index is 6.04. The van der Waals surface area contributed by atoms with E-state index < -0.39 is 0 Å². The highest BCUT2D eigenvalue weighted by Gasteiger charge is 1.99. The van der Waals surface area contributed by atoms with E-state index in [1.165, 1.54) is 0 Å². The monoisotopic (exact) mass is 291 g/mol. The largest absolute Gasteiger partial charge is 0.493 e. The molecular formula is C16H18ClNO2. The maximum atomic E-state index is 6.04. The van der Waals surface area contributed by atoms with Crippen molar-refractivity contribution in [1.29, 1.82) is 0 Å². The summed E-state index contributed by atoms with van der Waals surface area (Å²) in [6.45, 7) is 1.76. The molecule has 3 nitrogen and oxygen atoms in total. The van der Waals surface area contributed by atoms with Crippen LogP contribution in [0.3, 0.4) is 0 Å². The molecule has 0 saturated heterocycles. The second-order valence-corrected chi connectivity index (χ2v) is 4.83. The normalized spacial score (nSPS) is 10.4. The van der Waals surface area contributed by atoms with E-state index in [-0.39, 0.29) is 0 Å². The molecule has 0 heterocycles. The molecule has 2 N–H and O–H groups in total. The molecule has 0 aliphatic rings. The molecular weight excluding hydrogens is 274 g/mol. The van der Waals surface area contributed by atoms with E-state index in [0.717, 1.165) is 22.8 Å². The van der Waals surface area contributed by atoms with Crippen LogP contribution in [0.2, 0.25) is 5.02 Å². The number of benzene rings is 2. The number of hydrogen-bond acceptors (Lipinski definition) is 3. The predicted molar refractivity (Wildman–Crippen MR) is 82.1 cm³/mol. The smallest absolute Gasteiger partial charge is 0.121 e. The first-order chi connectivity index (χ1) is 9.75. The number of ether oxygens (including phenoxy) is 2. The average Bonchev–Trinajstić information content (AvgIpc) is 2.44. The summed E-state index contributed by atoms with van der Waals surface area (Å²) in [5.41, 5.74) is 7.38. The van der Waals surface area contributed by atoms with Crippen molar-refractivity contribution in [2.45, 2.75) is 13.0 Å². The molecule has 0 spiro atoms. The molecule has 0 radical (unpaired) electrons. The zero-order valence-corrected chi connectivity index (χ0v) is 12.0. The van der Waals surface area contributed by atoms with Crippen LogP contribution in [0.15, 0.2) is 48.5 Å². The molecule has 0 amide bonds. The Morgan fingerprint density at radius 1 is 1.00 bits per heavy atom. The van der Waals surface area contributed by atoms with Gasteiger partial charge in [0.1, 0.15) is 5.75 Å². The van der Waals surface area contributed by atoms with Crippen molar-refractivity contribution in [3.63, 3.8) is 0 Å². The van der Waals surface area contributed by atoms with Crippen LogP contribution in [0, 0.1) is 0 Å². The molecule has 2 aromatic carbocycles. The quantitative estimate of drug-likeness (QED) is 0.621. The van der Waals surface area contributed by atoms with E-state index in [9.17, 15) is 0 Å². The minimum Gasteiger partial charge on any atom is -0.493 e. The van der Waals surface area contributed by atoms with Crippen molar-refractivity contribution in [2.24, 2.45) is 0 Å². The third kappa shape index (κ3) is 4.76. The van der Waals surface area contributed by atoms with E-state index >= 15 is 0 Å². The van der Waals surface area contributed by atoms with Gasteiger partial charge in [0.2, 0.25) is 0 Å². The average molecular weight is 292 g/mol. The van der Waals surface area contributed by atoms with Crippen molar-refractivity contribution < 1.29 is 9.47 Å². The lowest BCUT2D eigenvalue weighted by Crippen LogP contribution is -2.03. The lowest BCUT2D eigenvalue weighted by atomic mass is 10.2. The fourth-order valence-corrected chi connectivity index (χ4v) is 1.94. The highest BCUT2D eigenvalue weighted by molar-refractivity contribution is 6.31. The summed E-state index contributed by atoms with van der Waals surface area (Å²) in [5, 5.41) is 0.739. The summed E-state index contributed by atoms with van der Waals surface area (Å²) in [4.78, 5) is 0. The Labute approximate surface area is 124 Å². The van der Waals surface area contributed by atoms with E-state index in [4.69, 9.17) is 26.8 Å². The standard InChI is InChI=1S/C16H18ClNO2/c17-16-8-2-1-5-13(16)12-19-9-4-10-20-15-7-3-6-14(18)11-15/h1-3,5-8,11H,4,9-10,12,18H2. The molecule has 0 aliphatic carbocycles. The first-order valence-electron chi connectivity index (χ1n) is 6.55. The van der Waals surface area contributed by atoms with Crippen LogP contribution in [-0.2, 0) is 11.3 Å². The molecule has 0 fully saturated rings. The second-order valence-electron chi connectivity index (χ2n) is 4.42. The number of hydrogen-bond donors (Lipinski definition) is 1. The van der Waals surface area contributed by atoms with Crippen LogP contribution in [0.4, 0.5) is 5.69 Å². The van der Waals surface area contributed by atoms with Gasteiger partial charge in [-0.25, -0.2) is 0 Å². The van der Waals surface area contributed by atoms with E-state index in [1.807, 2.05) is 48.5 Å². The van der Waals surface area contributed by atoms with Gasteiger partial charge in [-0.05, 0) is 23.8 Å². The van der Waals surface area contributed by atoms with Crippen molar-refractivity contribution in [3.05, 3.63) is 59.1 Å². The molecule has 2 rings (SSSR count). The minimum atomic E-state index is 0.526. The van der Waals surface area contributed by atoms with Crippen molar-refractivity contribution in [2.75, 3.05) is 18.9 Å². The SMILES string of the molecule is Nc1cccc(OCCCOCc2ccccc2Cl)c1. The Bertz CT molecular complexity index is 546. The Morgan fingerprint density at radius 2 is 1.85 bits per heavy atom. The summed E-state index contributed by atoms with van der Waals surface area (Å²) in [6.07, 6.45) is 0.819. The van der Waals surface area contributed by atoms with Gasteiger partial charge in [-0.3, -0.25) is 0 Å². The Morgan fingerprint density at radius 3 is 2.65 bits per heavy atom. The first kappa shape index (κ1) is 14.7. The van der Waals surface area contributed by atoms with Crippen LogP contribution in [0.25, 0.3) is 0 Å². The van der Waals surface area contributed by atoms with E-state index in [0.29, 0.717) is 25.5 Å². The van der Waals surface area contributed by atoms with Gasteiger partial charge in [0.15, 0.2) is 0 Å². The van der Waals surface area contributed by atoms with Crippen molar-refractivity contribution in [1.82, 2.24) is 0 Å². The molecule has 0 bridgehead atoms. The molecule has 20 heavy (non-hydrogen) atoms. The molecule has 0 unspecified atom stereocenters. The molecule has 106 valence electrons. The fraction of sp³-hybridized carbons (Fsp3) is 0.250. The minimum absolute atomic E-state index is 0.526. The lowest BCUT2D eigenvalue weighted by Gasteiger charge is -2.08. The highest BCUT2D eigenvalue weighted by atomic mass is 35.5. The number of rotatable bonds is 7. The van der Waals surface area contributed by atoms with Gasteiger partial charge in [-0.15, -0.1) is 0 Å². The predicted octanol–water partition coefficient (Wildman–Crippen LogP) is 3.91. The molecule has 2 aromatic rings. The molecule has 4 heteroatoms.